The minimum absolute atomic E-state index is 0.0877. The van der Waals surface area contributed by atoms with Gasteiger partial charge in [-0.15, -0.1) is 11.3 Å². The van der Waals surface area contributed by atoms with Gasteiger partial charge in [0.15, 0.2) is 9.84 Å². The maximum atomic E-state index is 13.8. The van der Waals surface area contributed by atoms with E-state index in [-0.39, 0.29) is 54.2 Å². The Morgan fingerprint density at radius 1 is 1.09 bits per heavy atom. The van der Waals surface area contributed by atoms with Crippen LogP contribution in [0.2, 0.25) is 0 Å². The zero-order valence-corrected chi connectivity index (χ0v) is 27.7. The van der Waals surface area contributed by atoms with Crippen molar-refractivity contribution in [2.24, 2.45) is 5.92 Å². The predicted molar refractivity (Wildman–Crippen MR) is 175 cm³/mol. The van der Waals surface area contributed by atoms with Gasteiger partial charge in [0.25, 0.3) is 0 Å². The lowest BCUT2D eigenvalue weighted by Gasteiger charge is -2.32. The van der Waals surface area contributed by atoms with Crippen LogP contribution in [0, 0.1) is 5.92 Å². The highest BCUT2D eigenvalue weighted by atomic mass is 32.2. The van der Waals surface area contributed by atoms with E-state index in [2.05, 4.69) is 41.6 Å². The molecule has 2 fully saturated rings. The van der Waals surface area contributed by atoms with Gasteiger partial charge in [-0.05, 0) is 49.3 Å². The molecule has 2 heterocycles. The largest absolute Gasteiger partial charge is 0.350 e. The molecule has 1 aliphatic heterocycles. The highest BCUT2D eigenvalue weighted by molar-refractivity contribution is 7.91. The maximum absolute atomic E-state index is 13.8. The molecule has 3 amide bonds. The van der Waals surface area contributed by atoms with Crippen LogP contribution in [0.1, 0.15) is 69.4 Å². The molecule has 4 rings (SSSR count). The van der Waals surface area contributed by atoms with Crippen molar-refractivity contribution in [2.45, 2.75) is 83.7 Å². The van der Waals surface area contributed by atoms with Crippen molar-refractivity contribution in [1.29, 1.82) is 0 Å². The fourth-order valence-electron chi connectivity index (χ4n) is 5.93. The van der Waals surface area contributed by atoms with Crippen molar-refractivity contribution >= 4 is 49.1 Å². The molecule has 0 unspecified atom stereocenters. The molecule has 44 heavy (non-hydrogen) atoms. The fourth-order valence-corrected chi connectivity index (χ4v) is 8.29. The first-order valence-electron chi connectivity index (χ1n) is 15.9. The number of nitrogens with zero attached hydrogens (tertiary/aromatic N) is 2. The summed E-state index contributed by atoms with van der Waals surface area (Å²) in [5, 5.41) is 9.89. The van der Waals surface area contributed by atoms with Gasteiger partial charge in [-0.2, -0.15) is 0 Å². The number of thiazole rings is 1. The van der Waals surface area contributed by atoms with E-state index in [0.717, 1.165) is 53.7 Å². The number of fused-ring (bicyclic) bond motifs is 1. The highest BCUT2D eigenvalue weighted by Crippen LogP contribution is 2.27. The topological polar surface area (TPSA) is 138 Å². The number of carbonyl (C=O) groups is 3. The van der Waals surface area contributed by atoms with Gasteiger partial charge in [0.05, 0.1) is 26.7 Å². The van der Waals surface area contributed by atoms with Gasteiger partial charge in [0.2, 0.25) is 17.7 Å². The summed E-state index contributed by atoms with van der Waals surface area (Å²) < 4.78 is 24.6. The van der Waals surface area contributed by atoms with E-state index in [0.29, 0.717) is 38.0 Å². The summed E-state index contributed by atoms with van der Waals surface area (Å²) in [5.74, 6) is -0.375. The number of aryl methyl sites for hydroxylation is 1. The molecule has 2 atom stereocenters. The quantitative estimate of drug-likeness (QED) is 0.269. The molecule has 1 saturated carbocycles. The molecule has 1 saturated heterocycles. The molecule has 3 N–H and O–H groups in total. The Morgan fingerprint density at radius 2 is 1.82 bits per heavy atom. The summed E-state index contributed by atoms with van der Waals surface area (Å²) in [6, 6.07) is 5.11. The van der Waals surface area contributed by atoms with Crippen LogP contribution in [-0.2, 0) is 37.1 Å². The number of aromatic nitrogens is 1. The minimum Gasteiger partial charge on any atom is -0.350 e. The minimum atomic E-state index is -3.01. The van der Waals surface area contributed by atoms with Crippen molar-refractivity contribution in [3.63, 3.8) is 0 Å². The average Bonchev–Trinajstić information content (AvgIpc) is 3.41. The molecule has 12 heteroatoms. The molecule has 1 aromatic carbocycles. The molecule has 2 aromatic rings. The lowest BCUT2D eigenvalue weighted by atomic mass is 9.83. The second kappa shape index (κ2) is 15.9. The highest BCUT2D eigenvalue weighted by Gasteiger charge is 2.30. The summed E-state index contributed by atoms with van der Waals surface area (Å²) in [6.45, 7) is 9.30. The molecule has 10 nitrogen and oxygen atoms in total. The molecule has 1 aromatic heterocycles. The summed E-state index contributed by atoms with van der Waals surface area (Å²) in [5.41, 5.74) is 2.47. The van der Waals surface area contributed by atoms with E-state index >= 15 is 0 Å². The standard InChI is InChI=1S/C32H47N5O5S2/c1-4-9-29(38)34-26(19-30-35-25-13-12-23(5-2)18-28(25)43-30)32(40)36-27(24-10-7-6-8-11-24)20-33-31(39)22(3)21-37-14-16-44(41,42)17-15-37/h12-13,18,24,26-27H,3-11,14-17,19-21H2,1-2H3,(H,33,39)(H,34,38)(H,36,40)/t26-,27+/m0/s1. The second-order valence-electron chi connectivity index (χ2n) is 12.1. The second-order valence-corrected chi connectivity index (χ2v) is 15.5. The van der Waals surface area contributed by atoms with Crippen molar-refractivity contribution in [1.82, 2.24) is 25.8 Å². The van der Waals surface area contributed by atoms with Gasteiger partial charge >= 0.3 is 0 Å². The number of sulfone groups is 1. The number of benzene rings is 1. The van der Waals surface area contributed by atoms with Crippen LogP contribution < -0.4 is 16.0 Å². The van der Waals surface area contributed by atoms with Gasteiger partial charge in [-0.25, -0.2) is 13.4 Å². The monoisotopic (exact) mass is 645 g/mol. The third kappa shape index (κ3) is 9.84. The van der Waals surface area contributed by atoms with Crippen LogP contribution in [0.4, 0.5) is 0 Å². The van der Waals surface area contributed by atoms with Crippen molar-refractivity contribution in [3.05, 3.63) is 40.9 Å². The molecule has 242 valence electrons. The predicted octanol–water partition coefficient (Wildman–Crippen LogP) is 3.15. The third-order valence-corrected chi connectivity index (χ3v) is 11.3. The molecule has 0 spiro atoms. The van der Waals surface area contributed by atoms with Crippen LogP contribution in [-0.4, -0.2) is 85.8 Å². The zero-order valence-electron chi connectivity index (χ0n) is 26.0. The van der Waals surface area contributed by atoms with E-state index in [1.54, 1.807) is 11.3 Å². The Kier molecular flexibility index (Phi) is 12.3. The fraction of sp³-hybridized carbons (Fsp3) is 0.625. The Morgan fingerprint density at radius 3 is 2.50 bits per heavy atom. The SMILES string of the molecule is C=C(CN1CCS(=O)(=O)CC1)C(=O)NC[C@@H](NC(=O)[C@H](Cc1nc2ccc(CC)cc2s1)NC(=O)CCC)C1CCCCC1. The Bertz CT molecular complexity index is 1420. The number of nitrogens with one attached hydrogen (secondary N) is 3. The molecular weight excluding hydrogens is 599 g/mol. The van der Waals surface area contributed by atoms with Crippen molar-refractivity contribution in [2.75, 3.05) is 37.7 Å². The van der Waals surface area contributed by atoms with Gasteiger partial charge in [0.1, 0.15) is 6.04 Å². The third-order valence-electron chi connectivity index (χ3n) is 8.61. The molecule has 1 aliphatic carbocycles. The van der Waals surface area contributed by atoms with E-state index in [4.69, 9.17) is 4.98 Å². The number of amides is 3. The van der Waals surface area contributed by atoms with Gasteiger partial charge in [0, 0.05) is 50.6 Å². The van der Waals surface area contributed by atoms with E-state index in [9.17, 15) is 22.8 Å². The molecular formula is C32H47N5O5S2. The van der Waals surface area contributed by atoms with E-state index in [1.807, 2.05) is 17.9 Å². The molecule has 2 aliphatic rings. The average molecular weight is 646 g/mol. The van der Waals surface area contributed by atoms with Crippen molar-refractivity contribution in [3.8, 4) is 0 Å². The van der Waals surface area contributed by atoms with Crippen molar-refractivity contribution < 1.29 is 22.8 Å². The number of rotatable bonds is 14. The lowest BCUT2D eigenvalue weighted by Crippen LogP contribution is -2.55. The smallest absolute Gasteiger partial charge is 0.247 e. The van der Waals surface area contributed by atoms with Gasteiger partial charge in [-0.1, -0.05) is 45.8 Å². The van der Waals surface area contributed by atoms with Gasteiger partial charge in [-0.3, -0.25) is 19.3 Å². The summed E-state index contributed by atoms with van der Waals surface area (Å²) in [4.78, 5) is 46.2. The summed E-state index contributed by atoms with van der Waals surface area (Å²) in [7, 11) is -3.01. The first-order chi connectivity index (χ1) is 21.1. The Balaban J connectivity index is 1.43. The summed E-state index contributed by atoms with van der Waals surface area (Å²) in [6.07, 6.45) is 7.41. The first kappa shape index (κ1) is 34.1. The van der Waals surface area contributed by atoms with E-state index in [1.165, 1.54) is 5.56 Å². The number of hydrogen-bond acceptors (Lipinski definition) is 8. The number of hydrogen-bond donors (Lipinski definition) is 3. The van der Waals surface area contributed by atoms with E-state index < -0.39 is 15.9 Å². The van der Waals surface area contributed by atoms with Crippen LogP contribution in [0.15, 0.2) is 30.4 Å². The lowest BCUT2D eigenvalue weighted by molar-refractivity contribution is -0.129. The van der Waals surface area contributed by atoms with Crippen LogP contribution in [0.25, 0.3) is 10.2 Å². The maximum Gasteiger partial charge on any atom is 0.247 e. The van der Waals surface area contributed by atoms with Gasteiger partial charge < -0.3 is 16.0 Å². The Labute approximate surface area is 265 Å². The summed E-state index contributed by atoms with van der Waals surface area (Å²) >= 11 is 1.54. The van der Waals surface area contributed by atoms with Crippen LogP contribution in [0.3, 0.4) is 0 Å². The molecule has 0 bridgehead atoms. The number of carbonyl (C=O) groups excluding carboxylic acids is 3. The Hall–Kier alpha value is -2.83. The first-order valence-corrected chi connectivity index (χ1v) is 18.6. The normalized spacial score (nSPS) is 18.8. The zero-order chi connectivity index (χ0) is 31.7. The molecule has 0 radical (unpaired) electrons. The van der Waals surface area contributed by atoms with Crippen LogP contribution >= 0.6 is 11.3 Å². The van der Waals surface area contributed by atoms with Crippen LogP contribution in [0.5, 0.6) is 0 Å².